The minimum Gasteiger partial charge on any atom is -0.355 e. The third-order valence-electron chi connectivity index (χ3n) is 4.18. The Balaban J connectivity index is 1.85. The topological polar surface area (TPSA) is 41.1 Å². The molecule has 0 bridgehead atoms. The first-order valence-electron chi connectivity index (χ1n) is 7.83. The summed E-state index contributed by atoms with van der Waals surface area (Å²) in [6.07, 6.45) is 3.12. The molecule has 4 heteroatoms. The van der Waals surface area contributed by atoms with Gasteiger partial charge in [-0.25, -0.2) is 0 Å². The Labute approximate surface area is 132 Å². The van der Waals surface area contributed by atoms with Crippen LogP contribution in [0, 0.1) is 5.41 Å². The SMILES string of the molecule is CCC(Sc1ccccc1)C(=O)NCC1(C)CCNCC1. The van der Waals surface area contributed by atoms with E-state index in [0.717, 1.165) is 43.8 Å². The van der Waals surface area contributed by atoms with Crippen LogP contribution in [0.1, 0.15) is 33.1 Å². The molecule has 21 heavy (non-hydrogen) atoms. The maximum absolute atomic E-state index is 12.4. The summed E-state index contributed by atoms with van der Waals surface area (Å²) in [7, 11) is 0. The molecule has 0 spiro atoms. The fraction of sp³-hybridized carbons (Fsp3) is 0.588. The molecule has 1 aromatic rings. The Morgan fingerprint density at radius 3 is 2.62 bits per heavy atom. The third kappa shape index (κ3) is 5.04. The molecule has 0 aromatic heterocycles. The van der Waals surface area contributed by atoms with Gasteiger partial charge in [-0.2, -0.15) is 0 Å². The average Bonchev–Trinajstić information content (AvgIpc) is 2.52. The van der Waals surface area contributed by atoms with Crippen LogP contribution < -0.4 is 10.6 Å². The van der Waals surface area contributed by atoms with Crippen molar-refractivity contribution in [3.8, 4) is 0 Å². The highest BCUT2D eigenvalue weighted by molar-refractivity contribution is 8.00. The van der Waals surface area contributed by atoms with Crippen molar-refractivity contribution >= 4 is 17.7 Å². The summed E-state index contributed by atoms with van der Waals surface area (Å²) < 4.78 is 0. The molecule has 1 aliphatic rings. The van der Waals surface area contributed by atoms with Gasteiger partial charge in [0.1, 0.15) is 0 Å². The normalized spacial score (nSPS) is 19.0. The first-order chi connectivity index (χ1) is 10.1. The molecule has 1 heterocycles. The molecule has 0 aliphatic carbocycles. The first kappa shape index (κ1) is 16.4. The summed E-state index contributed by atoms with van der Waals surface area (Å²) >= 11 is 1.66. The molecule has 1 aliphatic heterocycles. The zero-order valence-electron chi connectivity index (χ0n) is 13.0. The molecule has 3 nitrogen and oxygen atoms in total. The van der Waals surface area contributed by atoms with Gasteiger partial charge < -0.3 is 10.6 Å². The predicted molar refractivity (Wildman–Crippen MR) is 89.6 cm³/mol. The summed E-state index contributed by atoms with van der Waals surface area (Å²) in [5.41, 5.74) is 0.247. The van der Waals surface area contributed by atoms with E-state index in [-0.39, 0.29) is 16.6 Å². The van der Waals surface area contributed by atoms with Gasteiger partial charge in [0.05, 0.1) is 5.25 Å². The monoisotopic (exact) mass is 306 g/mol. The minimum absolute atomic E-state index is 0.00212. The van der Waals surface area contributed by atoms with Gasteiger partial charge in [-0.05, 0) is 49.9 Å². The van der Waals surface area contributed by atoms with E-state index >= 15 is 0 Å². The Hall–Kier alpha value is -1.00. The highest BCUT2D eigenvalue weighted by atomic mass is 32.2. The van der Waals surface area contributed by atoms with Crippen molar-refractivity contribution in [2.24, 2.45) is 5.41 Å². The van der Waals surface area contributed by atoms with Gasteiger partial charge in [0.15, 0.2) is 0 Å². The number of carbonyl (C=O) groups is 1. The second-order valence-corrected chi connectivity index (χ2v) is 7.38. The van der Waals surface area contributed by atoms with E-state index in [0.29, 0.717) is 0 Å². The Kier molecular flexibility index (Phi) is 6.12. The van der Waals surface area contributed by atoms with E-state index in [1.165, 1.54) is 0 Å². The Morgan fingerprint density at radius 1 is 1.33 bits per heavy atom. The quantitative estimate of drug-likeness (QED) is 0.794. The third-order valence-corrected chi connectivity index (χ3v) is 5.56. The van der Waals surface area contributed by atoms with Crippen LogP contribution in [-0.2, 0) is 4.79 Å². The Bertz CT molecular complexity index is 443. The van der Waals surface area contributed by atoms with Crippen molar-refractivity contribution in [2.45, 2.75) is 43.3 Å². The molecule has 0 saturated carbocycles. The van der Waals surface area contributed by atoms with E-state index in [1.807, 2.05) is 18.2 Å². The molecule has 1 aromatic carbocycles. The number of nitrogens with one attached hydrogen (secondary N) is 2. The molecule has 0 radical (unpaired) electrons. The van der Waals surface area contributed by atoms with Crippen LogP contribution in [0.4, 0.5) is 0 Å². The molecule has 1 saturated heterocycles. The molecular formula is C17H26N2OS. The molecule has 116 valence electrons. The second-order valence-electron chi connectivity index (χ2n) is 6.11. The van der Waals surface area contributed by atoms with E-state index in [1.54, 1.807) is 11.8 Å². The Morgan fingerprint density at radius 2 is 2.00 bits per heavy atom. The van der Waals surface area contributed by atoms with Gasteiger partial charge in [0.2, 0.25) is 5.91 Å². The molecule has 1 atom stereocenters. The fourth-order valence-electron chi connectivity index (χ4n) is 2.61. The van der Waals surface area contributed by atoms with Crippen LogP contribution in [0.3, 0.4) is 0 Å². The van der Waals surface area contributed by atoms with Crippen LogP contribution >= 0.6 is 11.8 Å². The van der Waals surface area contributed by atoms with Gasteiger partial charge in [-0.3, -0.25) is 4.79 Å². The number of benzene rings is 1. The fourth-order valence-corrected chi connectivity index (χ4v) is 3.61. The largest absolute Gasteiger partial charge is 0.355 e. The van der Waals surface area contributed by atoms with E-state index in [2.05, 4.69) is 36.6 Å². The molecule has 1 unspecified atom stereocenters. The van der Waals surface area contributed by atoms with Crippen molar-refractivity contribution in [2.75, 3.05) is 19.6 Å². The van der Waals surface area contributed by atoms with Gasteiger partial charge in [0, 0.05) is 11.4 Å². The lowest BCUT2D eigenvalue weighted by molar-refractivity contribution is -0.121. The molecule has 2 N–H and O–H groups in total. The number of hydrogen-bond donors (Lipinski definition) is 2. The average molecular weight is 306 g/mol. The molecule has 1 amide bonds. The van der Waals surface area contributed by atoms with Crippen LogP contribution in [-0.4, -0.2) is 30.8 Å². The van der Waals surface area contributed by atoms with E-state index < -0.39 is 0 Å². The number of carbonyl (C=O) groups excluding carboxylic acids is 1. The van der Waals surface area contributed by atoms with Crippen molar-refractivity contribution < 1.29 is 4.79 Å². The highest BCUT2D eigenvalue weighted by Crippen LogP contribution is 2.28. The van der Waals surface area contributed by atoms with Crippen LogP contribution in [0.5, 0.6) is 0 Å². The number of thioether (sulfide) groups is 1. The standard InChI is InChI=1S/C17H26N2OS/c1-3-15(21-14-7-5-4-6-8-14)16(20)19-13-17(2)9-11-18-12-10-17/h4-8,15,18H,3,9-13H2,1-2H3,(H,19,20). The first-order valence-corrected chi connectivity index (χ1v) is 8.71. The summed E-state index contributed by atoms with van der Waals surface area (Å²) in [6.45, 7) is 7.26. The zero-order valence-corrected chi connectivity index (χ0v) is 13.8. The number of rotatable bonds is 6. The van der Waals surface area contributed by atoms with Gasteiger partial charge in [0.25, 0.3) is 0 Å². The maximum Gasteiger partial charge on any atom is 0.233 e. The van der Waals surface area contributed by atoms with Crippen molar-refractivity contribution in [3.63, 3.8) is 0 Å². The zero-order chi connectivity index (χ0) is 15.1. The summed E-state index contributed by atoms with van der Waals surface area (Å²) in [4.78, 5) is 13.6. The summed E-state index contributed by atoms with van der Waals surface area (Å²) in [6, 6.07) is 10.2. The van der Waals surface area contributed by atoms with Crippen molar-refractivity contribution in [3.05, 3.63) is 30.3 Å². The van der Waals surface area contributed by atoms with Crippen LogP contribution in [0.15, 0.2) is 35.2 Å². The summed E-state index contributed by atoms with van der Waals surface area (Å²) in [5, 5.41) is 6.55. The van der Waals surface area contributed by atoms with Crippen molar-refractivity contribution in [1.82, 2.24) is 10.6 Å². The summed E-state index contributed by atoms with van der Waals surface area (Å²) in [5.74, 6) is 0.172. The molecule has 1 fully saturated rings. The lowest BCUT2D eigenvalue weighted by Crippen LogP contribution is -2.44. The highest BCUT2D eigenvalue weighted by Gasteiger charge is 2.28. The maximum atomic E-state index is 12.4. The lowest BCUT2D eigenvalue weighted by Gasteiger charge is -2.34. The minimum atomic E-state index is -0.00212. The molecule has 2 rings (SSSR count). The predicted octanol–water partition coefficient (Wildman–Crippen LogP) is 3.06. The second kappa shape index (κ2) is 7.85. The van der Waals surface area contributed by atoms with Gasteiger partial charge in [-0.1, -0.05) is 32.0 Å². The molecular weight excluding hydrogens is 280 g/mol. The van der Waals surface area contributed by atoms with E-state index in [9.17, 15) is 4.79 Å². The number of piperidine rings is 1. The van der Waals surface area contributed by atoms with Crippen LogP contribution in [0.2, 0.25) is 0 Å². The van der Waals surface area contributed by atoms with E-state index in [4.69, 9.17) is 0 Å². The van der Waals surface area contributed by atoms with Crippen molar-refractivity contribution in [1.29, 1.82) is 0 Å². The number of amides is 1. The number of hydrogen-bond acceptors (Lipinski definition) is 3. The van der Waals surface area contributed by atoms with Crippen LogP contribution in [0.25, 0.3) is 0 Å². The lowest BCUT2D eigenvalue weighted by atomic mass is 9.81. The van der Waals surface area contributed by atoms with Gasteiger partial charge in [-0.15, -0.1) is 11.8 Å². The van der Waals surface area contributed by atoms with Gasteiger partial charge >= 0.3 is 0 Å². The smallest absolute Gasteiger partial charge is 0.233 e.